The van der Waals surface area contributed by atoms with Gasteiger partial charge in [-0.3, -0.25) is 0 Å². The summed E-state index contributed by atoms with van der Waals surface area (Å²) in [6.07, 6.45) is 13.2. The van der Waals surface area contributed by atoms with Gasteiger partial charge < -0.3 is 9.64 Å². The molecule has 0 saturated carbocycles. The van der Waals surface area contributed by atoms with Crippen LogP contribution in [-0.4, -0.2) is 23.6 Å². The molecule has 2 nitrogen and oxygen atoms in total. The molecule has 0 aromatic heterocycles. The topological polar surface area (TPSA) is 12.5 Å². The molecule has 0 N–H and O–H groups in total. The summed E-state index contributed by atoms with van der Waals surface area (Å²) in [6.45, 7) is 6.17. The molecule has 2 aliphatic heterocycles. The highest BCUT2D eigenvalue weighted by molar-refractivity contribution is 5.53. The fraction of sp³-hybridized carbons (Fsp3) is 0.333. The SMILES string of the molecule is CC(C)=CCN1C=C2CC=CC=C2C2(Cc3ccccc3O2)C1. The van der Waals surface area contributed by atoms with Crippen molar-refractivity contribution in [1.29, 1.82) is 0 Å². The Morgan fingerprint density at radius 3 is 3.00 bits per heavy atom. The Labute approximate surface area is 138 Å². The van der Waals surface area contributed by atoms with E-state index in [1.165, 1.54) is 22.3 Å². The van der Waals surface area contributed by atoms with Crippen LogP contribution in [0.5, 0.6) is 5.75 Å². The second-order valence-electron chi connectivity index (χ2n) is 6.96. The Bertz CT molecular complexity index is 722. The molecule has 23 heavy (non-hydrogen) atoms. The van der Waals surface area contributed by atoms with Crippen LogP contribution in [0.2, 0.25) is 0 Å². The van der Waals surface area contributed by atoms with Crippen molar-refractivity contribution in [3.63, 3.8) is 0 Å². The van der Waals surface area contributed by atoms with Gasteiger partial charge in [0.05, 0.1) is 6.54 Å². The number of para-hydroxylation sites is 1. The smallest absolute Gasteiger partial charge is 0.156 e. The molecule has 0 amide bonds. The van der Waals surface area contributed by atoms with Crippen molar-refractivity contribution in [3.8, 4) is 5.75 Å². The number of nitrogens with zero attached hydrogens (tertiary/aromatic N) is 1. The monoisotopic (exact) mass is 305 g/mol. The molecule has 118 valence electrons. The van der Waals surface area contributed by atoms with E-state index in [-0.39, 0.29) is 5.60 Å². The molecule has 1 aromatic rings. The van der Waals surface area contributed by atoms with Crippen LogP contribution in [0.25, 0.3) is 0 Å². The quantitative estimate of drug-likeness (QED) is 0.750. The van der Waals surface area contributed by atoms with Gasteiger partial charge >= 0.3 is 0 Å². The highest BCUT2D eigenvalue weighted by Crippen LogP contribution is 2.45. The number of rotatable bonds is 2. The van der Waals surface area contributed by atoms with Gasteiger partial charge in [0.2, 0.25) is 0 Å². The first-order chi connectivity index (χ1) is 11.2. The molecule has 1 spiro atoms. The van der Waals surface area contributed by atoms with Gasteiger partial charge in [-0.15, -0.1) is 0 Å². The standard InChI is InChI=1S/C21H23NO/c1-16(2)11-12-22-14-18-8-3-5-9-19(18)21(15-22)13-17-7-4-6-10-20(17)23-21/h3-7,9-11,14H,8,12-13,15H2,1-2H3. The van der Waals surface area contributed by atoms with Crippen LogP contribution in [0.1, 0.15) is 25.8 Å². The summed E-state index contributed by atoms with van der Waals surface area (Å²) < 4.78 is 6.54. The number of allylic oxidation sites excluding steroid dienone is 4. The zero-order valence-electron chi connectivity index (χ0n) is 13.9. The second-order valence-corrected chi connectivity index (χ2v) is 6.96. The average Bonchev–Trinajstić information content (AvgIpc) is 2.91. The minimum Gasteiger partial charge on any atom is -0.480 e. The van der Waals surface area contributed by atoms with Gasteiger partial charge in [0.15, 0.2) is 5.60 Å². The van der Waals surface area contributed by atoms with Crippen LogP contribution in [-0.2, 0) is 6.42 Å². The van der Waals surface area contributed by atoms with Gasteiger partial charge in [-0.1, -0.05) is 48.1 Å². The molecule has 3 aliphatic rings. The van der Waals surface area contributed by atoms with E-state index in [0.717, 1.165) is 31.7 Å². The summed E-state index contributed by atoms with van der Waals surface area (Å²) >= 11 is 0. The van der Waals surface area contributed by atoms with Crippen molar-refractivity contribution in [2.75, 3.05) is 13.1 Å². The lowest BCUT2D eigenvalue weighted by molar-refractivity contribution is 0.0939. The van der Waals surface area contributed by atoms with Crippen molar-refractivity contribution in [1.82, 2.24) is 4.90 Å². The molecule has 1 aliphatic carbocycles. The molecule has 1 atom stereocenters. The molecule has 2 heteroatoms. The third-order valence-corrected chi connectivity index (χ3v) is 4.86. The lowest BCUT2D eigenvalue weighted by atomic mass is 9.79. The summed E-state index contributed by atoms with van der Waals surface area (Å²) in [6, 6.07) is 8.47. The second kappa shape index (κ2) is 5.45. The predicted octanol–water partition coefficient (Wildman–Crippen LogP) is 4.41. The third-order valence-electron chi connectivity index (χ3n) is 4.86. The summed E-state index contributed by atoms with van der Waals surface area (Å²) in [4.78, 5) is 2.41. The maximum absolute atomic E-state index is 6.54. The molecule has 4 rings (SSSR count). The minimum absolute atomic E-state index is 0.228. The molecule has 0 fully saturated rings. The van der Waals surface area contributed by atoms with Gasteiger partial charge in [0.25, 0.3) is 0 Å². The summed E-state index contributed by atoms with van der Waals surface area (Å²) in [5.41, 5.74) is 5.22. The van der Waals surface area contributed by atoms with Crippen molar-refractivity contribution >= 4 is 0 Å². The maximum atomic E-state index is 6.54. The fourth-order valence-corrected chi connectivity index (χ4v) is 3.78. The highest BCUT2D eigenvalue weighted by atomic mass is 16.5. The van der Waals surface area contributed by atoms with E-state index in [9.17, 15) is 0 Å². The summed E-state index contributed by atoms with van der Waals surface area (Å²) in [5, 5.41) is 0. The molecule has 0 saturated heterocycles. The van der Waals surface area contributed by atoms with Crippen LogP contribution in [0, 0.1) is 0 Å². The molecule has 1 aromatic carbocycles. The van der Waals surface area contributed by atoms with E-state index in [1.54, 1.807) is 0 Å². The van der Waals surface area contributed by atoms with Crippen molar-refractivity contribution in [3.05, 3.63) is 77.1 Å². The highest BCUT2D eigenvalue weighted by Gasteiger charge is 2.46. The van der Waals surface area contributed by atoms with Crippen molar-refractivity contribution in [2.45, 2.75) is 32.3 Å². The van der Waals surface area contributed by atoms with Crippen LogP contribution >= 0.6 is 0 Å². The maximum Gasteiger partial charge on any atom is 0.156 e. The first kappa shape index (κ1) is 14.4. The van der Waals surface area contributed by atoms with E-state index in [4.69, 9.17) is 4.74 Å². The van der Waals surface area contributed by atoms with E-state index < -0.39 is 0 Å². The molecular formula is C21H23NO. The minimum atomic E-state index is -0.228. The first-order valence-electron chi connectivity index (χ1n) is 8.39. The van der Waals surface area contributed by atoms with E-state index in [0.29, 0.717) is 0 Å². The Kier molecular flexibility index (Phi) is 3.41. The van der Waals surface area contributed by atoms with E-state index in [1.807, 2.05) is 0 Å². The largest absolute Gasteiger partial charge is 0.480 e. The molecule has 0 bridgehead atoms. The molecule has 0 radical (unpaired) electrons. The van der Waals surface area contributed by atoms with E-state index in [2.05, 4.69) is 73.5 Å². The summed E-state index contributed by atoms with van der Waals surface area (Å²) in [5.74, 6) is 1.05. The Morgan fingerprint density at radius 2 is 2.17 bits per heavy atom. The lowest BCUT2D eigenvalue weighted by Gasteiger charge is -2.42. The zero-order valence-corrected chi connectivity index (χ0v) is 13.9. The van der Waals surface area contributed by atoms with E-state index >= 15 is 0 Å². The van der Waals surface area contributed by atoms with Gasteiger partial charge in [-0.2, -0.15) is 0 Å². The average molecular weight is 305 g/mol. The number of ether oxygens (including phenoxy) is 1. The van der Waals surface area contributed by atoms with Crippen LogP contribution in [0.15, 0.2) is 71.5 Å². The zero-order chi connectivity index (χ0) is 15.9. The number of hydrogen-bond acceptors (Lipinski definition) is 2. The number of hydrogen-bond donors (Lipinski definition) is 0. The Hall–Kier alpha value is -2.22. The summed E-state index contributed by atoms with van der Waals surface area (Å²) in [7, 11) is 0. The molecule has 2 heterocycles. The van der Waals surface area contributed by atoms with Crippen LogP contribution in [0.3, 0.4) is 0 Å². The molecule has 1 unspecified atom stereocenters. The fourth-order valence-electron chi connectivity index (χ4n) is 3.78. The first-order valence-corrected chi connectivity index (χ1v) is 8.39. The number of benzene rings is 1. The predicted molar refractivity (Wildman–Crippen MR) is 94.4 cm³/mol. The Morgan fingerprint density at radius 1 is 1.30 bits per heavy atom. The molecular weight excluding hydrogens is 282 g/mol. The van der Waals surface area contributed by atoms with Crippen molar-refractivity contribution < 1.29 is 4.74 Å². The normalized spacial score (nSPS) is 24.5. The van der Waals surface area contributed by atoms with Crippen LogP contribution in [0.4, 0.5) is 0 Å². The van der Waals surface area contributed by atoms with Gasteiger partial charge in [-0.25, -0.2) is 0 Å². The van der Waals surface area contributed by atoms with Crippen molar-refractivity contribution in [2.24, 2.45) is 0 Å². The van der Waals surface area contributed by atoms with Crippen LogP contribution < -0.4 is 4.74 Å². The Balaban J connectivity index is 1.72. The third kappa shape index (κ3) is 2.52. The lowest BCUT2D eigenvalue weighted by Crippen LogP contribution is -2.50. The van der Waals surface area contributed by atoms with Gasteiger partial charge in [0.1, 0.15) is 5.75 Å². The van der Waals surface area contributed by atoms with Gasteiger partial charge in [0, 0.05) is 24.7 Å². The van der Waals surface area contributed by atoms with Gasteiger partial charge in [-0.05, 0) is 37.5 Å². The number of fused-ring (bicyclic) bond motifs is 3.